The van der Waals surface area contributed by atoms with Crippen molar-refractivity contribution >= 4 is 17.7 Å². The smallest absolute Gasteiger partial charge is 0.360 e. The molecule has 1 aromatic heterocycles. The van der Waals surface area contributed by atoms with Crippen LogP contribution in [0.15, 0.2) is 0 Å². The van der Waals surface area contributed by atoms with Gasteiger partial charge in [0.05, 0.1) is 12.0 Å². The second-order valence-corrected chi connectivity index (χ2v) is 4.75. The first-order valence-electron chi connectivity index (χ1n) is 7.06. The number of aromatic nitrogens is 4. The fourth-order valence-corrected chi connectivity index (χ4v) is 1.88. The van der Waals surface area contributed by atoms with Crippen molar-refractivity contribution in [3.8, 4) is 0 Å². The first kappa shape index (κ1) is 17.7. The summed E-state index contributed by atoms with van der Waals surface area (Å²) >= 11 is 0. The fourth-order valence-electron chi connectivity index (χ4n) is 1.88. The van der Waals surface area contributed by atoms with Gasteiger partial charge in [-0.25, -0.2) is 4.79 Å². The van der Waals surface area contributed by atoms with Crippen LogP contribution in [0.5, 0.6) is 0 Å². The summed E-state index contributed by atoms with van der Waals surface area (Å²) in [6.07, 6.45) is 0.599. The molecule has 2 amide bonds. The van der Waals surface area contributed by atoms with Gasteiger partial charge in [0.25, 0.3) is 0 Å². The predicted octanol–water partition coefficient (Wildman–Crippen LogP) is -1.09. The number of nitrogens with zero attached hydrogens (tertiary/aromatic N) is 4. The van der Waals surface area contributed by atoms with E-state index < -0.39 is 23.9 Å². The standard InChI is InChI=1S/C12H21N7O3/c1-3-7(10(21)8(13)5-6-9(14)20)11-16-18-19(17-11)12(22)15-4-2/h7-8H,3-6,13H2,1-2H3,(H2,14,20)(H,15,22)/t7?,8-/m0/s1. The molecule has 0 aliphatic rings. The molecule has 1 unspecified atom stereocenters. The summed E-state index contributed by atoms with van der Waals surface area (Å²) in [5.74, 6) is -1.37. The van der Waals surface area contributed by atoms with Crippen molar-refractivity contribution in [2.24, 2.45) is 11.5 Å². The molecule has 0 aromatic carbocycles. The summed E-state index contributed by atoms with van der Waals surface area (Å²) in [6.45, 7) is 3.95. The quantitative estimate of drug-likeness (QED) is 0.549. The summed E-state index contributed by atoms with van der Waals surface area (Å²) in [7, 11) is 0. The average molecular weight is 311 g/mol. The minimum atomic E-state index is -0.839. The van der Waals surface area contributed by atoms with E-state index in [1.165, 1.54) is 0 Å². The second kappa shape index (κ2) is 8.17. The number of nitrogens with two attached hydrogens (primary N) is 2. The highest BCUT2D eigenvalue weighted by molar-refractivity contribution is 5.90. The van der Waals surface area contributed by atoms with Gasteiger partial charge in [0.1, 0.15) is 0 Å². The summed E-state index contributed by atoms with van der Waals surface area (Å²) in [4.78, 5) is 35.4. The Bertz CT molecular complexity index is 543. The second-order valence-electron chi connectivity index (χ2n) is 4.75. The lowest BCUT2D eigenvalue weighted by Crippen LogP contribution is -2.36. The van der Waals surface area contributed by atoms with Gasteiger partial charge in [-0.2, -0.15) is 0 Å². The van der Waals surface area contributed by atoms with Crippen molar-refractivity contribution in [3.05, 3.63) is 5.82 Å². The third-order valence-electron chi connectivity index (χ3n) is 3.07. The van der Waals surface area contributed by atoms with Gasteiger partial charge >= 0.3 is 6.03 Å². The Morgan fingerprint density at radius 1 is 1.32 bits per heavy atom. The molecule has 1 heterocycles. The minimum Gasteiger partial charge on any atom is -0.370 e. The molecule has 0 saturated carbocycles. The number of ketones is 1. The largest absolute Gasteiger partial charge is 0.370 e. The van der Waals surface area contributed by atoms with E-state index in [0.717, 1.165) is 4.80 Å². The fraction of sp³-hybridized carbons (Fsp3) is 0.667. The Balaban J connectivity index is 2.80. The van der Waals surface area contributed by atoms with E-state index in [4.69, 9.17) is 11.5 Å². The Labute approximate surface area is 127 Å². The van der Waals surface area contributed by atoms with Crippen LogP contribution in [0, 0.1) is 0 Å². The monoisotopic (exact) mass is 311 g/mol. The van der Waals surface area contributed by atoms with Gasteiger partial charge in [0.2, 0.25) is 5.91 Å². The molecule has 10 heteroatoms. The van der Waals surface area contributed by atoms with Crippen LogP contribution in [0.4, 0.5) is 4.79 Å². The molecule has 0 bridgehead atoms. The van der Waals surface area contributed by atoms with E-state index in [-0.39, 0.29) is 24.4 Å². The molecule has 0 radical (unpaired) electrons. The lowest BCUT2D eigenvalue weighted by atomic mass is 9.93. The summed E-state index contributed by atoms with van der Waals surface area (Å²) < 4.78 is 0. The molecule has 0 spiro atoms. The maximum absolute atomic E-state index is 12.3. The van der Waals surface area contributed by atoms with Gasteiger partial charge in [0, 0.05) is 13.0 Å². The molecule has 2 atom stereocenters. The highest BCUT2D eigenvalue weighted by atomic mass is 16.2. The van der Waals surface area contributed by atoms with Gasteiger partial charge in [-0.1, -0.05) is 11.7 Å². The molecule has 5 N–H and O–H groups in total. The van der Waals surface area contributed by atoms with E-state index in [2.05, 4.69) is 20.7 Å². The van der Waals surface area contributed by atoms with E-state index in [1.807, 2.05) is 0 Å². The third-order valence-corrected chi connectivity index (χ3v) is 3.07. The van der Waals surface area contributed by atoms with E-state index >= 15 is 0 Å². The van der Waals surface area contributed by atoms with Crippen molar-refractivity contribution in [1.82, 2.24) is 25.5 Å². The van der Waals surface area contributed by atoms with E-state index in [0.29, 0.717) is 13.0 Å². The Morgan fingerprint density at radius 2 is 2.00 bits per heavy atom. The Morgan fingerprint density at radius 3 is 2.55 bits per heavy atom. The maximum atomic E-state index is 12.3. The number of tetrazole rings is 1. The van der Waals surface area contributed by atoms with Crippen LogP contribution in [-0.2, 0) is 9.59 Å². The third kappa shape index (κ3) is 4.58. The lowest BCUT2D eigenvalue weighted by Gasteiger charge is -2.15. The van der Waals surface area contributed by atoms with Gasteiger partial charge in [-0.3, -0.25) is 9.59 Å². The van der Waals surface area contributed by atoms with Crippen LogP contribution in [0.3, 0.4) is 0 Å². The molecule has 122 valence electrons. The zero-order valence-corrected chi connectivity index (χ0v) is 12.7. The maximum Gasteiger partial charge on any atom is 0.360 e. The van der Waals surface area contributed by atoms with Crippen LogP contribution < -0.4 is 16.8 Å². The number of nitrogens with one attached hydrogen (secondary N) is 1. The average Bonchev–Trinajstić information content (AvgIpc) is 2.95. The van der Waals surface area contributed by atoms with Crippen LogP contribution in [0.2, 0.25) is 0 Å². The van der Waals surface area contributed by atoms with Crippen molar-refractivity contribution in [2.75, 3.05) is 6.54 Å². The van der Waals surface area contributed by atoms with Gasteiger partial charge < -0.3 is 16.8 Å². The SMILES string of the molecule is CCNC(=O)n1nnc(C(CC)C(=O)[C@@H](N)CCC(N)=O)n1. The summed E-state index contributed by atoms with van der Waals surface area (Å²) in [5, 5.41) is 13.8. The van der Waals surface area contributed by atoms with Crippen LogP contribution in [0.25, 0.3) is 0 Å². The molecular weight excluding hydrogens is 290 g/mol. The van der Waals surface area contributed by atoms with E-state index in [1.54, 1.807) is 13.8 Å². The normalized spacial score (nSPS) is 13.4. The van der Waals surface area contributed by atoms with Gasteiger partial charge in [-0.15, -0.1) is 10.2 Å². The van der Waals surface area contributed by atoms with Crippen LogP contribution in [-0.4, -0.2) is 50.5 Å². The number of carbonyl (C=O) groups is 3. The first-order valence-corrected chi connectivity index (χ1v) is 7.06. The molecule has 10 nitrogen and oxygen atoms in total. The molecule has 0 fully saturated rings. The number of carbonyl (C=O) groups excluding carboxylic acids is 3. The highest BCUT2D eigenvalue weighted by Gasteiger charge is 2.28. The van der Waals surface area contributed by atoms with E-state index in [9.17, 15) is 14.4 Å². The molecule has 22 heavy (non-hydrogen) atoms. The first-order chi connectivity index (χ1) is 10.4. The molecular formula is C12H21N7O3. The molecule has 1 aromatic rings. The minimum absolute atomic E-state index is 0.0301. The highest BCUT2D eigenvalue weighted by Crippen LogP contribution is 2.18. The van der Waals surface area contributed by atoms with Crippen LogP contribution >= 0.6 is 0 Å². The number of Topliss-reactive ketones (excluding diaryl/α,β-unsaturated/α-hetero) is 1. The zero-order valence-electron chi connectivity index (χ0n) is 12.7. The number of rotatable bonds is 8. The number of amides is 2. The Kier molecular flexibility index (Phi) is 6.57. The topological polar surface area (TPSA) is 159 Å². The lowest BCUT2D eigenvalue weighted by molar-refractivity contribution is -0.122. The number of primary amides is 1. The number of hydrogen-bond donors (Lipinski definition) is 3. The van der Waals surface area contributed by atoms with Crippen molar-refractivity contribution < 1.29 is 14.4 Å². The predicted molar refractivity (Wildman–Crippen MR) is 76.7 cm³/mol. The van der Waals surface area contributed by atoms with Gasteiger partial charge in [-0.05, 0) is 25.0 Å². The Hall–Kier alpha value is -2.36. The molecule has 0 saturated heterocycles. The van der Waals surface area contributed by atoms with Crippen molar-refractivity contribution in [2.45, 2.75) is 45.1 Å². The van der Waals surface area contributed by atoms with Crippen LogP contribution in [0.1, 0.15) is 44.9 Å². The zero-order chi connectivity index (χ0) is 16.7. The van der Waals surface area contributed by atoms with Crippen molar-refractivity contribution in [1.29, 1.82) is 0 Å². The molecule has 1 rings (SSSR count). The van der Waals surface area contributed by atoms with Gasteiger partial charge in [0.15, 0.2) is 11.6 Å². The molecule has 0 aliphatic heterocycles. The summed E-state index contributed by atoms with van der Waals surface area (Å²) in [5.41, 5.74) is 10.8. The van der Waals surface area contributed by atoms with Crippen molar-refractivity contribution in [3.63, 3.8) is 0 Å². The summed E-state index contributed by atoms with van der Waals surface area (Å²) in [6, 6.07) is -1.37. The molecule has 0 aliphatic carbocycles. The number of hydrogen-bond acceptors (Lipinski definition) is 7.